The van der Waals surface area contributed by atoms with Crippen LogP contribution in [-0.2, 0) is 11.3 Å². The zero-order valence-electron chi connectivity index (χ0n) is 12.9. The van der Waals surface area contributed by atoms with Crippen molar-refractivity contribution in [2.45, 2.75) is 72.2 Å². The summed E-state index contributed by atoms with van der Waals surface area (Å²) in [5.74, 6) is 0. The van der Waals surface area contributed by atoms with E-state index in [0.717, 1.165) is 31.7 Å². The minimum atomic E-state index is 0.357. The monoisotopic (exact) mass is 265 g/mol. The van der Waals surface area contributed by atoms with Gasteiger partial charge in [-0.1, -0.05) is 0 Å². The van der Waals surface area contributed by atoms with Crippen molar-refractivity contribution in [1.29, 1.82) is 0 Å². The molecule has 1 fully saturated rings. The predicted molar refractivity (Wildman–Crippen MR) is 77.4 cm³/mol. The van der Waals surface area contributed by atoms with E-state index >= 15 is 0 Å². The van der Waals surface area contributed by atoms with Crippen LogP contribution in [0.1, 0.15) is 56.6 Å². The lowest BCUT2D eigenvalue weighted by atomic mass is 10.0. The maximum atomic E-state index is 5.61. The third kappa shape index (κ3) is 3.18. The summed E-state index contributed by atoms with van der Waals surface area (Å²) in [7, 11) is 0. The first kappa shape index (κ1) is 14.5. The van der Waals surface area contributed by atoms with E-state index in [-0.39, 0.29) is 0 Å². The summed E-state index contributed by atoms with van der Waals surface area (Å²) >= 11 is 0. The Morgan fingerprint density at radius 2 is 2.21 bits per heavy atom. The largest absolute Gasteiger partial charge is 0.378 e. The molecular weight excluding hydrogens is 238 g/mol. The van der Waals surface area contributed by atoms with Crippen LogP contribution < -0.4 is 5.32 Å². The third-order valence-electron chi connectivity index (χ3n) is 4.14. The molecule has 0 aliphatic carbocycles. The summed E-state index contributed by atoms with van der Waals surface area (Å²) in [6.45, 7) is 12.6. The Morgan fingerprint density at radius 1 is 1.47 bits per heavy atom. The van der Waals surface area contributed by atoms with Crippen LogP contribution in [0.25, 0.3) is 0 Å². The average molecular weight is 265 g/mol. The van der Waals surface area contributed by atoms with E-state index in [1.54, 1.807) is 0 Å². The van der Waals surface area contributed by atoms with Crippen molar-refractivity contribution in [2.75, 3.05) is 6.61 Å². The van der Waals surface area contributed by atoms with Crippen molar-refractivity contribution in [3.8, 4) is 0 Å². The maximum absolute atomic E-state index is 5.61. The van der Waals surface area contributed by atoms with Gasteiger partial charge in [-0.15, -0.1) is 0 Å². The Hall–Kier alpha value is -0.870. The van der Waals surface area contributed by atoms with Crippen LogP contribution in [0.3, 0.4) is 0 Å². The first-order valence-corrected chi connectivity index (χ1v) is 7.44. The number of nitrogens with zero attached hydrogens (tertiary/aromatic N) is 2. The van der Waals surface area contributed by atoms with Crippen LogP contribution in [0.5, 0.6) is 0 Å². The zero-order chi connectivity index (χ0) is 14.0. The summed E-state index contributed by atoms with van der Waals surface area (Å²) in [5.41, 5.74) is 3.81. The second-order valence-corrected chi connectivity index (χ2v) is 5.69. The molecule has 4 nitrogen and oxygen atoms in total. The lowest BCUT2D eigenvalue weighted by Gasteiger charge is -2.30. The van der Waals surface area contributed by atoms with Gasteiger partial charge in [-0.05, 0) is 47.5 Å². The molecule has 1 aliphatic rings. The molecule has 4 heteroatoms. The van der Waals surface area contributed by atoms with Gasteiger partial charge in [0.2, 0.25) is 0 Å². The molecule has 2 heterocycles. The quantitative estimate of drug-likeness (QED) is 0.910. The van der Waals surface area contributed by atoms with E-state index in [1.165, 1.54) is 11.3 Å². The van der Waals surface area contributed by atoms with Gasteiger partial charge in [0.1, 0.15) is 0 Å². The highest BCUT2D eigenvalue weighted by molar-refractivity contribution is 5.27. The van der Waals surface area contributed by atoms with Gasteiger partial charge in [0.15, 0.2) is 0 Å². The lowest BCUT2D eigenvalue weighted by molar-refractivity contribution is 0.0116. The van der Waals surface area contributed by atoms with Crippen LogP contribution in [0, 0.1) is 13.8 Å². The highest BCUT2D eigenvalue weighted by atomic mass is 16.5. The molecular formula is C15H27N3O. The Bertz CT molecular complexity index is 427. The summed E-state index contributed by atoms with van der Waals surface area (Å²) in [4.78, 5) is 0. The number of nitrogens with one attached hydrogen (secondary N) is 1. The van der Waals surface area contributed by atoms with Crippen LogP contribution >= 0.6 is 0 Å². The van der Waals surface area contributed by atoms with Gasteiger partial charge >= 0.3 is 0 Å². The first-order valence-electron chi connectivity index (χ1n) is 7.44. The van der Waals surface area contributed by atoms with E-state index < -0.39 is 0 Å². The molecule has 3 unspecified atom stereocenters. The fourth-order valence-corrected chi connectivity index (χ4v) is 3.23. The van der Waals surface area contributed by atoms with Gasteiger partial charge < -0.3 is 10.1 Å². The zero-order valence-corrected chi connectivity index (χ0v) is 12.9. The van der Waals surface area contributed by atoms with Crippen molar-refractivity contribution < 1.29 is 4.74 Å². The van der Waals surface area contributed by atoms with E-state index in [2.05, 4.69) is 49.7 Å². The fourth-order valence-electron chi connectivity index (χ4n) is 3.23. The smallest absolute Gasteiger partial charge is 0.0644 e. The minimum absolute atomic E-state index is 0.357. The number of rotatable bonds is 4. The van der Waals surface area contributed by atoms with Gasteiger partial charge in [-0.2, -0.15) is 5.10 Å². The summed E-state index contributed by atoms with van der Waals surface area (Å²) in [6, 6.07) is 0.915. The molecule has 1 N–H and O–H groups in total. The fraction of sp³-hybridized carbons (Fsp3) is 0.800. The predicted octanol–water partition coefficient (Wildman–Crippen LogP) is 2.74. The molecule has 2 rings (SSSR count). The Kier molecular flexibility index (Phi) is 4.63. The molecule has 108 valence electrons. The number of hydrogen-bond acceptors (Lipinski definition) is 3. The summed E-state index contributed by atoms with van der Waals surface area (Å²) in [5, 5.41) is 8.36. The summed E-state index contributed by atoms with van der Waals surface area (Å²) < 4.78 is 7.70. The SMILES string of the molecule is CCn1nc(C)c(C(C)NC2CCOC(C)C2)c1C. The topological polar surface area (TPSA) is 39.1 Å². The normalized spacial score (nSPS) is 25.5. The average Bonchev–Trinajstić information content (AvgIpc) is 2.64. The van der Waals surface area contributed by atoms with Gasteiger partial charge in [0.05, 0.1) is 11.8 Å². The molecule has 0 bridgehead atoms. The van der Waals surface area contributed by atoms with Crippen molar-refractivity contribution in [2.24, 2.45) is 0 Å². The second-order valence-electron chi connectivity index (χ2n) is 5.69. The maximum Gasteiger partial charge on any atom is 0.0644 e. The van der Waals surface area contributed by atoms with Crippen molar-refractivity contribution >= 4 is 0 Å². The summed E-state index contributed by atoms with van der Waals surface area (Å²) in [6.07, 6.45) is 2.58. The van der Waals surface area contributed by atoms with Crippen LogP contribution in [-0.4, -0.2) is 28.5 Å². The van der Waals surface area contributed by atoms with E-state index in [4.69, 9.17) is 4.74 Å². The molecule has 0 aromatic carbocycles. The molecule has 0 radical (unpaired) electrons. The Morgan fingerprint density at radius 3 is 2.79 bits per heavy atom. The highest BCUT2D eigenvalue weighted by Gasteiger charge is 2.23. The van der Waals surface area contributed by atoms with Crippen molar-refractivity contribution in [1.82, 2.24) is 15.1 Å². The van der Waals surface area contributed by atoms with Crippen LogP contribution in [0.4, 0.5) is 0 Å². The molecule has 1 aromatic rings. The van der Waals surface area contributed by atoms with Gasteiger partial charge in [0.25, 0.3) is 0 Å². The van der Waals surface area contributed by atoms with Crippen molar-refractivity contribution in [3.05, 3.63) is 17.0 Å². The molecule has 0 saturated carbocycles. The van der Waals surface area contributed by atoms with E-state index in [9.17, 15) is 0 Å². The van der Waals surface area contributed by atoms with Crippen LogP contribution in [0.2, 0.25) is 0 Å². The van der Waals surface area contributed by atoms with E-state index in [1.807, 2.05) is 0 Å². The van der Waals surface area contributed by atoms with Crippen LogP contribution in [0.15, 0.2) is 0 Å². The molecule has 0 spiro atoms. The second kappa shape index (κ2) is 6.06. The molecule has 1 saturated heterocycles. The third-order valence-corrected chi connectivity index (χ3v) is 4.14. The lowest BCUT2D eigenvalue weighted by Crippen LogP contribution is -2.39. The van der Waals surface area contributed by atoms with Gasteiger partial charge in [-0.25, -0.2) is 0 Å². The Balaban J connectivity index is 2.07. The first-order chi connectivity index (χ1) is 9.02. The molecule has 3 atom stereocenters. The highest BCUT2D eigenvalue weighted by Crippen LogP contribution is 2.24. The molecule has 1 aromatic heterocycles. The van der Waals surface area contributed by atoms with Crippen molar-refractivity contribution in [3.63, 3.8) is 0 Å². The molecule has 0 amide bonds. The standard InChI is InChI=1S/C15H27N3O/c1-6-18-13(5)15(12(4)17-18)11(3)16-14-7-8-19-10(2)9-14/h10-11,14,16H,6-9H2,1-5H3. The van der Waals surface area contributed by atoms with Gasteiger partial charge in [0, 0.05) is 36.5 Å². The number of hydrogen-bond donors (Lipinski definition) is 1. The van der Waals surface area contributed by atoms with E-state index in [0.29, 0.717) is 18.2 Å². The Labute approximate surface area is 116 Å². The number of aryl methyl sites for hydroxylation is 2. The van der Waals surface area contributed by atoms with Gasteiger partial charge in [-0.3, -0.25) is 4.68 Å². The number of aromatic nitrogens is 2. The molecule has 1 aliphatic heterocycles. The minimum Gasteiger partial charge on any atom is -0.378 e. The number of ether oxygens (including phenoxy) is 1. The molecule has 19 heavy (non-hydrogen) atoms.